The molecule has 0 unspecified atom stereocenters. The zero-order chi connectivity index (χ0) is 15.8. The number of carboxylic acid groups (broad SMARTS) is 1. The zero-order valence-corrected chi connectivity index (χ0v) is 12.8. The fraction of sp³-hybridized carbons (Fsp3) is 0.455. The van der Waals surface area contributed by atoms with Crippen molar-refractivity contribution in [3.63, 3.8) is 0 Å². The van der Waals surface area contributed by atoms with Crippen molar-refractivity contribution < 1.29 is 26.7 Å². The molecular weight excluding hydrogens is 320 g/mol. The number of aromatic nitrogens is 1. The number of carbonyl (C=O) groups is 1. The van der Waals surface area contributed by atoms with Gasteiger partial charge in [-0.1, -0.05) is 0 Å². The van der Waals surface area contributed by atoms with Crippen LogP contribution in [0.5, 0.6) is 0 Å². The van der Waals surface area contributed by atoms with Gasteiger partial charge in [0.15, 0.2) is 14.9 Å². The quantitative estimate of drug-likeness (QED) is 0.803. The number of carboxylic acids is 1. The molecule has 0 bridgehead atoms. The van der Waals surface area contributed by atoms with E-state index in [1.807, 2.05) is 0 Å². The van der Waals surface area contributed by atoms with E-state index in [1.165, 1.54) is 0 Å². The molecule has 0 saturated carbocycles. The van der Waals surface area contributed by atoms with Crippen LogP contribution in [-0.2, 0) is 24.7 Å². The van der Waals surface area contributed by atoms with Gasteiger partial charge in [0.25, 0.3) is 0 Å². The molecule has 21 heavy (non-hydrogen) atoms. The van der Waals surface area contributed by atoms with E-state index in [-0.39, 0.29) is 22.9 Å². The van der Waals surface area contributed by atoms with E-state index in [0.717, 1.165) is 28.9 Å². The first kappa shape index (κ1) is 15.9. The van der Waals surface area contributed by atoms with Gasteiger partial charge >= 0.3 is 5.97 Å². The van der Waals surface area contributed by atoms with Crippen molar-refractivity contribution in [1.29, 1.82) is 0 Å². The predicted octanol–water partition coefficient (Wildman–Crippen LogP) is -0.277. The third-order valence-corrected chi connectivity index (χ3v) is 6.08. The van der Waals surface area contributed by atoms with Crippen LogP contribution in [0.3, 0.4) is 0 Å². The summed E-state index contributed by atoms with van der Waals surface area (Å²) < 4.78 is 48.3. The van der Waals surface area contributed by atoms with Gasteiger partial charge in [-0.25, -0.2) is 21.8 Å². The van der Waals surface area contributed by atoms with Crippen molar-refractivity contribution in [2.45, 2.75) is 28.8 Å². The van der Waals surface area contributed by atoms with Gasteiger partial charge in [0.1, 0.15) is 10.9 Å². The van der Waals surface area contributed by atoms with Crippen LogP contribution in [0.4, 0.5) is 0 Å². The van der Waals surface area contributed by atoms with E-state index in [2.05, 4.69) is 4.98 Å². The number of pyridine rings is 1. The SMILES string of the molecule is CS(=O)(=O)c1ccc(S(=O)(=O)N2CCC[C@@H]2C(=O)O)cn1. The van der Waals surface area contributed by atoms with E-state index < -0.39 is 31.9 Å². The molecule has 1 saturated heterocycles. The summed E-state index contributed by atoms with van der Waals surface area (Å²) in [7, 11) is -7.52. The predicted molar refractivity (Wildman–Crippen MR) is 71.9 cm³/mol. The van der Waals surface area contributed by atoms with Gasteiger partial charge in [0.2, 0.25) is 10.0 Å². The second kappa shape index (κ2) is 5.35. The molecule has 2 rings (SSSR count). The molecule has 1 fully saturated rings. The number of nitrogens with zero attached hydrogens (tertiary/aromatic N) is 2. The molecule has 0 aliphatic carbocycles. The molecule has 116 valence electrons. The van der Waals surface area contributed by atoms with Crippen molar-refractivity contribution in [3.05, 3.63) is 18.3 Å². The largest absolute Gasteiger partial charge is 0.480 e. The monoisotopic (exact) mass is 334 g/mol. The Kier molecular flexibility index (Phi) is 4.04. The third kappa shape index (κ3) is 3.06. The van der Waals surface area contributed by atoms with Crippen molar-refractivity contribution in [3.8, 4) is 0 Å². The first-order chi connectivity index (χ1) is 9.64. The summed E-state index contributed by atoms with van der Waals surface area (Å²) in [5.74, 6) is -1.20. The van der Waals surface area contributed by atoms with Crippen LogP contribution in [0.2, 0.25) is 0 Å². The van der Waals surface area contributed by atoms with Crippen molar-refractivity contribution in [2.24, 2.45) is 0 Å². The van der Waals surface area contributed by atoms with E-state index in [0.29, 0.717) is 6.42 Å². The van der Waals surface area contributed by atoms with Crippen molar-refractivity contribution in [2.75, 3.05) is 12.8 Å². The maximum absolute atomic E-state index is 12.4. The topological polar surface area (TPSA) is 122 Å². The highest BCUT2D eigenvalue weighted by Gasteiger charge is 2.39. The summed E-state index contributed by atoms with van der Waals surface area (Å²) in [6, 6.07) is 1.12. The fourth-order valence-corrected chi connectivity index (χ4v) is 4.30. The van der Waals surface area contributed by atoms with E-state index in [1.54, 1.807) is 0 Å². The summed E-state index contributed by atoms with van der Waals surface area (Å²) in [6.45, 7) is 0.118. The maximum Gasteiger partial charge on any atom is 0.322 e. The van der Waals surface area contributed by atoms with Crippen LogP contribution in [-0.4, -0.2) is 56.0 Å². The molecular formula is C11H14N2O6S2. The number of sulfone groups is 1. The number of hydrogen-bond donors (Lipinski definition) is 1. The Hall–Kier alpha value is -1.52. The highest BCUT2D eigenvalue weighted by molar-refractivity contribution is 7.90. The normalized spacial score (nSPS) is 20.5. The molecule has 1 N–H and O–H groups in total. The van der Waals surface area contributed by atoms with Gasteiger partial charge in [-0.05, 0) is 25.0 Å². The first-order valence-electron chi connectivity index (χ1n) is 6.05. The van der Waals surface area contributed by atoms with Crippen LogP contribution in [0.15, 0.2) is 28.3 Å². The van der Waals surface area contributed by atoms with E-state index in [4.69, 9.17) is 5.11 Å². The lowest BCUT2D eigenvalue weighted by Crippen LogP contribution is -2.40. The van der Waals surface area contributed by atoms with Gasteiger partial charge < -0.3 is 5.11 Å². The molecule has 1 atom stereocenters. The molecule has 1 aromatic rings. The molecule has 1 aliphatic rings. The maximum atomic E-state index is 12.4. The third-order valence-electron chi connectivity index (χ3n) is 3.18. The van der Waals surface area contributed by atoms with Gasteiger partial charge in [0.05, 0.1) is 0 Å². The molecule has 0 amide bonds. The Morgan fingerprint density at radius 3 is 2.48 bits per heavy atom. The smallest absolute Gasteiger partial charge is 0.322 e. The van der Waals surface area contributed by atoms with Crippen LogP contribution >= 0.6 is 0 Å². The Bertz CT molecular complexity index is 754. The molecule has 0 aromatic carbocycles. The minimum absolute atomic E-state index is 0.118. The Morgan fingerprint density at radius 1 is 1.33 bits per heavy atom. The second-order valence-electron chi connectivity index (χ2n) is 4.72. The van der Waals surface area contributed by atoms with E-state index in [9.17, 15) is 21.6 Å². The number of rotatable bonds is 4. The Morgan fingerprint density at radius 2 is 2.00 bits per heavy atom. The van der Waals surface area contributed by atoms with Gasteiger partial charge in [-0.15, -0.1) is 0 Å². The second-order valence-corrected chi connectivity index (χ2v) is 8.57. The Balaban J connectivity index is 2.38. The summed E-state index contributed by atoms with van der Waals surface area (Å²) in [5, 5.41) is 8.81. The minimum Gasteiger partial charge on any atom is -0.480 e. The molecule has 10 heteroatoms. The standard InChI is InChI=1S/C11H14N2O6S2/c1-20(16,17)10-5-4-8(7-12-10)21(18,19)13-6-2-3-9(13)11(14)15/h4-5,7,9H,2-3,6H2,1H3,(H,14,15)/t9-/m1/s1. The summed E-state index contributed by atoms with van der Waals surface area (Å²) in [5.41, 5.74) is 0. The number of aliphatic carboxylic acids is 1. The molecule has 1 aliphatic heterocycles. The summed E-state index contributed by atoms with van der Waals surface area (Å²) in [6.07, 6.45) is 2.61. The summed E-state index contributed by atoms with van der Waals surface area (Å²) >= 11 is 0. The van der Waals surface area contributed by atoms with Crippen molar-refractivity contribution in [1.82, 2.24) is 9.29 Å². The average molecular weight is 334 g/mol. The van der Waals surface area contributed by atoms with Crippen LogP contribution in [0, 0.1) is 0 Å². The highest BCUT2D eigenvalue weighted by atomic mass is 32.2. The Labute approximate surface area is 122 Å². The number of sulfonamides is 1. The molecule has 2 heterocycles. The first-order valence-corrected chi connectivity index (χ1v) is 9.38. The molecule has 1 aromatic heterocycles. The molecule has 0 radical (unpaired) electrons. The van der Waals surface area contributed by atoms with Gasteiger partial charge in [-0.3, -0.25) is 4.79 Å². The van der Waals surface area contributed by atoms with Crippen LogP contribution in [0.1, 0.15) is 12.8 Å². The van der Waals surface area contributed by atoms with Gasteiger partial charge in [0, 0.05) is 19.0 Å². The van der Waals surface area contributed by atoms with Crippen molar-refractivity contribution >= 4 is 25.8 Å². The zero-order valence-electron chi connectivity index (χ0n) is 11.1. The molecule has 8 nitrogen and oxygen atoms in total. The summed E-state index contributed by atoms with van der Waals surface area (Å²) in [4.78, 5) is 14.5. The van der Waals surface area contributed by atoms with Crippen LogP contribution < -0.4 is 0 Å². The van der Waals surface area contributed by atoms with E-state index >= 15 is 0 Å². The van der Waals surface area contributed by atoms with Crippen LogP contribution in [0.25, 0.3) is 0 Å². The fourth-order valence-electron chi connectivity index (χ4n) is 2.15. The molecule has 0 spiro atoms. The lowest BCUT2D eigenvalue weighted by molar-refractivity contribution is -0.140. The lowest BCUT2D eigenvalue weighted by atomic mass is 10.2. The average Bonchev–Trinajstić information content (AvgIpc) is 2.88. The van der Waals surface area contributed by atoms with Gasteiger partial charge in [-0.2, -0.15) is 4.31 Å². The highest BCUT2D eigenvalue weighted by Crippen LogP contribution is 2.26. The minimum atomic E-state index is -4.00. The number of hydrogen-bond acceptors (Lipinski definition) is 6. The lowest BCUT2D eigenvalue weighted by Gasteiger charge is -2.20.